The van der Waals surface area contributed by atoms with Crippen molar-refractivity contribution in [3.8, 4) is 0 Å². The maximum absolute atomic E-state index is 12.1. The normalized spacial score (nSPS) is 21.7. The number of aromatic amines is 1. The molecule has 6 heteroatoms. The molecule has 1 saturated heterocycles. The number of hydrogen-bond acceptors (Lipinski definition) is 3. The topological polar surface area (TPSA) is 86.9 Å². The van der Waals surface area contributed by atoms with E-state index in [-0.39, 0.29) is 11.8 Å². The Hall–Kier alpha value is -2.63. The van der Waals surface area contributed by atoms with Crippen LogP contribution in [-0.2, 0) is 22.4 Å². The summed E-state index contributed by atoms with van der Waals surface area (Å²) in [6.45, 7) is 0. The average molecular weight is 284 g/mol. The van der Waals surface area contributed by atoms with Gasteiger partial charge in [-0.15, -0.1) is 0 Å². The molecule has 3 N–H and O–H groups in total. The minimum absolute atomic E-state index is 0.150. The van der Waals surface area contributed by atoms with Crippen molar-refractivity contribution in [1.29, 1.82) is 0 Å². The van der Waals surface area contributed by atoms with E-state index in [1.807, 2.05) is 30.3 Å². The summed E-state index contributed by atoms with van der Waals surface area (Å²) in [5.41, 5.74) is 1.84. The van der Waals surface area contributed by atoms with Crippen LogP contribution >= 0.6 is 0 Å². The average Bonchev–Trinajstić information content (AvgIpc) is 2.98. The van der Waals surface area contributed by atoms with Crippen molar-refractivity contribution in [2.45, 2.75) is 24.9 Å². The molecule has 108 valence electrons. The third-order valence-electron chi connectivity index (χ3n) is 3.53. The number of imidazole rings is 1. The Morgan fingerprint density at radius 2 is 1.62 bits per heavy atom. The van der Waals surface area contributed by atoms with Gasteiger partial charge in [0, 0.05) is 24.7 Å². The van der Waals surface area contributed by atoms with Crippen molar-refractivity contribution in [3.63, 3.8) is 0 Å². The summed E-state index contributed by atoms with van der Waals surface area (Å²) in [4.78, 5) is 31.1. The van der Waals surface area contributed by atoms with Crippen molar-refractivity contribution >= 4 is 11.8 Å². The Kier molecular flexibility index (Phi) is 3.68. The number of hydrogen-bond donors (Lipinski definition) is 3. The second kappa shape index (κ2) is 5.78. The van der Waals surface area contributed by atoms with Gasteiger partial charge in [-0.2, -0.15) is 0 Å². The minimum Gasteiger partial charge on any atom is -0.348 e. The first-order valence-electron chi connectivity index (χ1n) is 6.84. The van der Waals surface area contributed by atoms with Gasteiger partial charge in [0.15, 0.2) is 0 Å². The SMILES string of the molecule is O=C1N[C@H](Cc2ccccc2)C(=O)N[C@H]1Cc1cnc[nH]1. The fourth-order valence-electron chi connectivity index (χ4n) is 2.43. The van der Waals surface area contributed by atoms with Gasteiger partial charge in [-0.1, -0.05) is 30.3 Å². The van der Waals surface area contributed by atoms with E-state index in [1.54, 1.807) is 12.5 Å². The molecule has 21 heavy (non-hydrogen) atoms. The Bertz CT molecular complexity index is 624. The number of benzene rings is 1. The van der Waals surface area contributed by atoms with Gasteiger partial charge in [-0.3, -0.25) is 9.59 Å². The molecule has 2 amide bonds. The zero-order valence-corrected chi connectivity index (χ0v) is 11.4. The van der Waals surface area contributed by atoms with Crippen LogP contribution in [0.4, 0.5) is 0 Å². The van der Waals surface area contributed by atoms with Crippen molar-refractivity contribution in [2.24, 2.45) is 0 Å². The van der Waals surface area contributed by atoms with Crippen molar-refractivity contribution in [3.05, 3.63) is 54.1 Å². The highest BCUT2D eigenvalue weighted by Gasteiger charge is 2.33. The third-order valence-corrected chi connectivity index (χ3v) is 3.53. The largest absolute Gasteiger partial charge is 0.348 e. The molecule has 0 bridgehead atoms. The van der Waals surface area contributed by atoms with E-state index in [0.29, 0.717) is 12.8 Å². The van der Waals surface area contributed by atoms with Crippen LogP contribution in [0.25, 0.3) is 0 Å². The van der Waals surface area contributed by atoms with Gasteiger partial charge in [-0.25, -0.2) is 4.98 Å². The van der Waals surface area contributed by atoms with E-state index in [2.05, 4.69) is 20.6 Å². The predicted octanol–water partition coefficient (Wildman–Crippen LogP) is 0.178. The molecule has 2 heterocycles. The lowest BCUT2D eigenvalue weighted by Crippen LogP contribution is -2.62. The molecule has 0 unspecified atom stereocenters. The zero-order valence-electron chi connectivity index (χ0n) is 11.4. The standard InChI is InChI=1S/C15H16N4O2/c20-14-12(6-10-4-2-1-3-5-10)18-15(21)13(19-14)7-11-8-16-9-17-11/h1-5,8-9,12-13H,6-7H2,(H,16,17)(H,18,21)(H,19,20)/t12-,13+/m1/s1. The van der Waals surface area contributed by atoms with Gasteiger partial charge in [0.25, 0.3) is 0 Å². The van der Waals surface area contributed by atoms with Crippen LogP contribution in [0.5, 0.6) is 0 Å². The molecular formula is C15H16N4O2. The van der Waals surface area contributed by atoms with E-state index in [4.69, 9.17) is 0 Å². The number of H-pyrrole nitrogens is 1. The summed E-state index contributed by atoms with van der Waals surface area (Å²) in [6, 6.07) is 8.57. The Labute approximate surface area is 122 Å². The van der Waals surface area contributed by atoms with Gasteiger partial charge in [-0.05, 0) is 5.56 Å². The molecule has 1 aliphatic rings. The van der Waals surface area contributed by atoms with Crippen LogP contribution in [0, 0.1) is 0 Å². The Morgan fingerprint density at radius 3 is 2.24 bits per heavy atom. The molecule has 0 spiro atoms. The highest BCUT2D eigenvalue weighted by Crippen LogP contribution is 2.09. The van der Waals surface area contributed by atoms with Gasteiger partial charge in [0.1, 0.15) is 12.1 Å². The maximum atomic E-state index is 12.1. The van der Waals surface area contributed by atoms with Crippen molar-refractivity contribution in [2.75, 3.05) is 0 Å². The molecule has 0 aliphatic carbocycles. The quantitative estimate of drug-likeness (QED) is 0.748. The lowest BCUT2D eigenvalue weighted by molar-refractivity contribution is -0.136. The monoisotopic (exact) mass is 284 g/mol. The van der Waals surface area contributed by atoms with E-state index in [0.717, 1.165) is 11.3 Å². The van der Waals surface area contributed by atoms with Crippen LogP contribution < -0.4 is 10.6 Å². The van der Waals surface area contributed by atoms with Crippen LogP contribution in [0.3, 0.4) is 0 Å². The minimum atomic E-state index is -0.551. The molecule has 1 aromatic heterocycles. The second-order valence-corrected chi connectivity index (χ2v) is 5.09. The van der Waals surface area contributed by atoms with Crippen LogP contribution in [0.15, 0.2) is 42.9 Å². The molecule has 2 aromatic rings. The Balaban J connectivity index is 1.64. The molecule has 2 atom stereocenters. The van der Waals surface area contributed by atoms with E-state index >= 15 is 0 Å². The first-order chi connectivity index (χ1) is 10.2. The highest BCUT2D eigenvalue weighted by atomic mass is 16.2. The summed E-state index contributed by atoms with van der Waals surface area (Å²) in [6.07, 6.45) is 4.11. The maximum Gasteiger partial charge on any atom is 0.243 e. The lowest BCUT2D eigenvalue weighted by Gasteiger charge is -2.29. The molecule has 1 aromatic carbocycles. The van der Waals surface area contributed by atoms with E-state index in [1.165, 1.54) is 0 Å². The molecular weight excluding hydrogens is 268 g/mol. The Morgan fingerprint density at radius 1 is 0.952 bits per heavy atom. The molecule has 0 radical (unpaired) electrons. The number of nitrogens with one attached hydrogen (secondary N) is 3. The first kappa shape index (κ1) is 13.4. The molecule has 0 saturated carbocycles. The summed E-state index contributed by atoms with van der Waals surface area (Å²) < 4.78 is 0. The number of carbonyl (C=O) groups is 2. The number of rotatable bonds is 4. The summed E-state index contributed by atoms with van der Waals surface area (Å²) in [7, 11) is 0. The van der Waals surface area contributed by atoms with Crippen LogP contribution in [0.1, 0.15) is 11.3 Å². The first-order valence-corrected chi connectivity index (χ1v) is 6.84. The second-order valence-electron chi connectivity index (χ2n) is 5.09. The van der Waals surface area contributed by atoms with Gasteiger partial charge in [0.2, 0.25) is 11.8 Å². The van der Waals surface area contributed by atoms with Crippen molar-refractivity contribution < 1.29 is 9.59 Å². The van der Waals surface area contributed by atoms with Crippen LogP contribution in [0.2, 0.25) is 0 Å². The smallest absolute Gasteiger partial charge is 0.243 e. The van der Waals surface area contributed by atoms with E-state index < -0.39 is 12.1 Å². The number of nitrogens with zero attached hydrogens (tertiary/aromatic N) is 1. The van der Waals surface area contributed by atoms with Crippen LogP contribution in [-0.4, -0.2) is 33.9 Å². The molecule has 1 fully saturated rings. The predicted molar refractivity (Wildman–Crippen MR) is 76.3 cm³/mol. The zero-order chi connectivity index (χ0) is 14.7. The fourth-order valence-corrected chi connectivity index (χ4v) is 2.43. The fraction of sp³-hybridized carbons (Fsp3) is 0.267. The summed E-state index contributed by atoms with van der Waals surface area (Å²) >= 11 is 0. The van der Waals surface area contributed by atoms with Gasteiger partial charge < -0.3 is 15.6 Å². The summed E-state index contributed by atoms with van der Waals surface area (Å²) in [5.74, 6) is -0.312. The highest BCUT2D eigenvalue weighted by molar-refractivity contribution is 5.97. The van der Waals surface area contributed by atoms with Gasteiger partial charge >= 0.3 is 0 Å². The number of amides is 2. The number of carbonyl (C=O) groups excluding carboxylic acids is 2. The molecule has 3 rings (SSSR count). The molecule has 6 nitrogen and oxygen atoms in total. The number of piperazine rings is 1. The lowest BCUT2D eigenvalue weighted by atomic mass is 10.0. The third kappa shape index (κ3) is 3.10. The number of aromatic nitrogens is 2. The van der Waals surface area contributed by atoms with Gasteiger partial charge in [0.05, 0.1) is 6.33 Å². The summed E-state index contributed by atoms with van der Waals surface area (Å²) in [5, 5.41) is 5.57. The molecule has 1 aliphatic heterocycles. The van der Waals surface area contributed by atoms with Crippen molar-refractivity contribution in [1.82, 2.24) is 20.6 Å². The van der Waals surface area contributed by atoms with E-state index in [9.17, 15) is 9.59 Å².